The number of carbonyl (C=O) groups is 1. The largest absolute Gasteiger partial charge is 0.481 e. The van der Waals surface area contributed by atoms with E-state index in [0.29, 0.717) is 16.7 Å². The summed E-state index contributed by atoms with van der Waals surface area (Å²) in [6.07, 6.45) is 9.82. The molecule has 1 atom stereocenters. The van der Waals surface area contributed by atoms with E-state index in [1.54, 1.807) is 18.0 Å². The number of halogens is 2. The standard InChI is InChI=1S/C28H20ClFN2O2S/c29-23-16-26-19(15-24(23)30)6-9-20(32-26)8-4-17-3-5-18-7-10-25-21(2-1-12-31-25)28(22(18)14-17)35-13-11-27(33)34/h1-10,12,14-16,28H,11,13H2,(H,33,34)/b8-4+. The highest BCUT2D eigenvalue weighted by molar-refractivity contribution is 7.99. The number of pyridine rings is 2. The first kappa shape index (κ1) is 23.3. The SMILES string of the molecule is O=C(O)CCSC1c2cc(/C=C/c3ccc4cc(F)c(Cl)cc4n3)ccc2C=Cc2ncccc21. The van der Waals surface area contributed by atoms with Crippen molar-refractivity contribution in [3.8, 4) is 0 Å². The molecule has 1 unspecified atom stereocenters. The highest BCUT2D eigenvalue weighted by Crippen LogP contribution is 2.42. The Morgan fingerprint density at radius 1 is 1.09 bits per heavy atom. The molecule has 4 aromatic rings. The molecule has 2 aromatic carbocycles. The number of nitrogens with zero attached hydrogens (tertiary/aromatic N) is 2. The Labute approximate surface area is 211 Å². The van der Waals surface area contributed by atoms with Crippen LogP contribution in [0.4, 0.5) is 4.39 Å². The van der Waals surface area contributed by atoms with Crippen LogP contribution in [0.5, 0.6) is 0 Å². The predicted octanol–water partition coefficient (Wildman–Crippen LogP) is 7.37. The molecule has 7 heteroatoms. The Kier molecular flexibility index (Phi) is 6.66. The summed E-state index contributed by atoms with van der Waals surface area (Å²) in [7, 11) is 0. The molecule has 174 valence electrons. The van der Waals surface area contributed by atoms with E-state index in [2.05, 4.69) is 34.2 Å². The maximum Gasteiger partial charge on any atom is 0.304 e. The lowest BCUT2D eigenvalue weighted by atomic mass is 9.98. The van der Waals surface area contributed by atoms with E-state index in [1.807, 2.05) is 42.5 Å². The Morgan fingerprint density at radius 3 is 2.83 bits per heavy atom. The van der Waals surface area contributed by atoms with Gasteiger partial charge in [-0.1, -0.05) is 48.0 Å². The summed E-state index contributed by atoms with van der Waals surface area (Å²) in [5.41, 5.74) is 6.50. The number of aliphatic carboxylic acids is 1. The van der Waals surface area contributed by atoms with E-state index in [4.69, 9.17) is 16.7 Å². The predicted molar refractivity (Wildman–Crippen MR) is 142 cm³/mol. The van der Waals surface area contributed by atoms with Crippen LogP contribution in [-0.2, 0) is 4.79 Å². The monoisotopic (exact) mass is 502 g/mol. The number of carboxylic acids is 1. The number of thioether (sulfide) groups is 1. The number of aromatic nitrogens is 2. The van der Waals surface area contributed by atoms with Crippen LogP contribution in [0.3, 0.4) is 0 Å². The van der Waals surface area contributed by atoms with Crippen molar-refractivity contribution in [1.29, 1.82) is 0 Å². The van der Waals surface area contributed by atoms with E-state index < -0.39 is 11.8 Å². The maximum atomic E-state index is 13.7. The van der Waals surface area contributed by atoms with Gasteiger partial charge < -0.3 is 5.11 Å². The summed E-state index contributed by atoms with van der Waals surface area (Å²) >= 11 is 7.53. The summed E-state index contributed by atoms with van der Waals surface area (Å²) in [6.45, 7) is 0. The molecule has 0 amide bonds. The molecular weight excluding hydrogens is 483 g/mol. The minimum Gasteiger partial charge on any atom is -0.481 e. The molecule has 0 saturated heterocycles. The molecule has 4 nitrogen and oxygen atoms in total. The van der Waals surface area contributed by atoms with Crippen LogP contribution in [0.1, 0.15) is 45.3 Å². The molecule has 0 aliphatic heterocycles. The fourth-order valence-electron chi connectivity index (χ4n) is 4.05. The van der Waals surface area contributed by atoms with Crippen molar-refractivity contribution in [3.05, 3.63) is 105 Å². The molecule has 0 bridgehead atoms. The minimum absolute atomic E-state index is 0.0350. The summed E-state index contributed by atoms with van der Waals surface area (Å²) in [4.78, 5) is 20.2. The first-order chi connectivity index (χ1) is 17.0. The molecule has 0 radical (unpaired) electrons. The van der Waals surface area contributed by atoms with Gasteiger partial charge in [-0.3, -0.25) is 9.78 Å². The summed E-state index contributed by atoms with van der Waals surface area (Å²) < 4.78 is 13.7. The van der Waals surface area contributed by atoms with E-state index in [9.17, 15) is 9.18 Å². The van der Waals surface area contributed by atoms with Crippen molar-refractivity contribution in [1.82, 2.24) is 9.97 Å². The highest BCUT2D eigenvalue weighted by atomic mass is 35.5. The van der Waals surface area contributed by atoms with Crippen molar-refractivity contribution in [2.24, 2.45) is 0 Å². The van der Waals surface area contributed by atoms with Crippen molar-refractivity contribution in [2.45, 2.75) is 11.7 Å². The van der Waals surface area contributed by atoms with Crippen LogP contribution in [0.15, 0.2) is 60.8 Å². The second kappa shape index (κ2) is 10.0. The fraction of sp³-hybridized carbons (Fsp3) is 0.107. The van der Waals surface area contributed by atoms with E-state index in [0.717, 1.165) is 33.6 Å². The van der Waals surface area contributed by atoms with Gasteiger partial charge in [0, 0.05) is 17.3 Å². The van der Waals surface area contributed by atoms with Crippen molar-refractivity contribution in [3.63, 3.8) is 0 Å². The summed E-state index contributed by atoms with van der Waals surface area (Å²) in [5, 5.41) is 9.83. The van der Waals surface area contributed by atoms with Crippen molar-refractivity contribution >= 4 is 64.5 Å². The normalized spacial score (nSPS) is 14.6. The van der Waals surface area contributed by atoms with E-state index in [1.165, 1.54) is 12.1 Å². The zero-order chi connectivity index (χ0) is 24.4. The van der Waals surface area contributed by atoms with Gasteiger partial charge in [-0.05, 0) is 64.7 Å². The van der Waals surface area contributed by atoms with Gasteiger partial charge in [-0.2, -0.15) is 0 Å². The number of benzene rings is 2. The third kappa shape index (κ3) is 5.14. The van der Waals surface area contributed by atoms with Gasteiger partial charge in [-0.15, -0.1) is 11.8 Å². The number of carboxylic acid groups (broad SMARTS) is 1. The van der Waals surface area contributed by atoms with Crippen LogP contribution < -0.4 is 0 Å². The number of hydrogen-bond acceptors (Lipinski definition) is 4. The van der Waals surface area contributed by atoms with E-state index in [-0.39, 0.29) is 16.7 Å². The van der Waals surface area contributed by atoms with Crippen LogP contribution in [0.2, 0.25) is 5.02 Å². The smallest absolute Gasteiger partial charge is 0.304 e. The first-order valence-corrected chi connectivity index (χ1v) is 12.4. The molecule has 1 aliphatic rings. The second-order valence-electron chi connectivity index (χ2n) is 8.12. The van der Waals surface area contributed by atoms with Gasteiger partial charge in [0.05, 0.1) is 33.6 Å². The molecule has 0 fully saturated rings. The molecule has 35 heavy (non-hydrogen) atoms. The summed E-state index contributed by atoms with van der Waals surface area (Å²) in [6, 6.07) is 16.8. The molecule has 0 spiro atoms. The quantitative estimate of drug-likeness (QED) is 0.298. The third-order valence-corrected chi connectivity index (χ3v) is 7.34. The molecule has 1 N–H and O–H groups in total. The zero-order valence-electron chi connectivity index (χ0n) is 18.5. The van der Waals surface area contributed by atoms with Gasteiger partial charge in [0.1, 0.15) is 5.82 Å². The average molecular weight is 503 g/mol. The lowest BCUT2D eigenvalue weighted by Crippen LogP contribution is -2.04. The Morgan fingerprint density at radius 2 is 1.97 bits per heavy atom. The van der Waals surface area contributed by atoms with Crippen LogP contribution in [-0.4, -0.2) is 26.8 Å². The maximum absolute atomic E-state index is 13.7. The Hall–Kier alpha value is -3.48. The third-order valence-electron chi connectivity index (χ3n) is 5.77. The Balaban J connectivity index is 1.48. The number of hydrogen-bond donors (Lipinski definition) is 1. The molecule has 1 aliphatic carbocycles. The summed E-state index contributed by atoms with van der Waals surface area (Å²) in [5.74, 6) is -0.770. The number of rotatable bonds is 6. The lowest BCUT2D eigenvalue weighted by Gasteiger charge is -2.20. The zero-order valence-corrected chi connectivity index (χ0v) is 20.1. The highest BCUT2D eigenvalue weighted by Gasteiger charge is 2.23. The fourth-order valence-corrected chi connectivity index (χ4v) is 5.50. The average Bonchev–Trinajstić information content (AvgIpc) is 3.00. The topological polar surface area (TPSA) is 63.1 Å². The molecule has 5 rings (SSSR count). The molecule has 2 heterocycles. The van der Waals surface area contributed by atoms with Crippen LogP contribution in [0.25, 0.3) is 35.2 Å². The molecule has 0 saturated carbocycles. The second-order valence-corrected chi connectivity index (χ2v) is 9.74. The van der Waals surface area contributed by atoms with Crippen LogP contribution >= 0.6 is 23.4 Å². The minimum atomic E-state index is -0.806. The van der Waals surface area contributed by atoms with Crippen molar-refractivity contribution < 1.29 is 14.3 Å². The van der Waals surface area contributed by atoms with E-state index >= 15 is 0 Å². The number of fused-ring (bicyclic) bond motifs is 3. The van der Waals surface area contributed by atoms with Gasteiger partial charge in [0.25, 0.3) is 0 Å². The molecular formula is C28H20ClFN2O2S. The van der Waals surface area contributed by atoms with Gasteiger partial charge in [0.2, 0.25) is 0 Å². The van der Waals surface area contributed by atoms with Crippen molar-refractivity contribution in [2.75, 3.05) is 5.75 Å². The van der Waals surface area contributed by atoms with Gasteiger partial charge in [-0.25, -0.2) is 9.37 Å². The lowest BCUT2D eigenvalue weighted by molar-refractivity contribution is -0.136. The Bertz CT molecular complexity index is 1500. The van der Waals surface area contributed by atoms with Crippen LogP contribution in [0, 0.1) is 5.82 Å². The van der Waals surface area contributed by atoms with Gasteiger partial charge >= 0.3 is 5.97 Å². The van der Waals surface area contributed by atoms with Gasteiger partial charge in [0.15, 0.2) is 0 Å². The molecule has 2 aromatic heterocycles. The first-order valence-electron chi connectivity index (χ1n) is 11.0.